The Morgan fingerprint density at radius 3 is 3.00 bits per heavy atom. The number of rotatable bonds is 1. The van der Waals surface area contributed by atoms with Crippen LogP contribution >= 0.6 is 11.3 Å². The Balaban J connectivity index is 2.34. The summed E-state index contributed by atoms with van der Waals surface area (Å²) in [5.74, 6) is 0.580. The molecule has 1 aliphatic rings. The monoisotopic (exact) mass is 235 g/mol. The van der Waals surface area contributed by atoms with Crippen molar-refractivity contribution in [3.8, 4) is 0 Å². The molecule has 84 valence electrons. The van der Waals surface area contributed by atoms with Crippen LogP contribution in [0.15, 0.2) is 4.79 Å². The molecule has 0 aliphatic heterocycles. The molecule has 4 nitrogen and oxygen atoms in total. The van der Waals surface area contributed by atoms with E-state index in [9.17, 15) is 4.79 Å². The lowest BCUT2D eigenvalue weighted by atomic mass is 9.97. The van der Waals surface area contributed by atoms with E-state index in [1.807, 2.05) is 0 Å². The average molecular weight is 235 g/mol. The van der Waals surface area contributed by atoms with Crippen molar-refractivity contribution in [1.82, 2.24) is 9.97 Å². The standard InChI is InChI=1S/C11H13N3OS/c12-5-8-13-10(15)9-6-3-1-2-4-7(6)16-11(9)14-8/h1-5,12H2,(H,13,14,15). The van der Waals surface area contributed by atoms with Crippen LogP contribution in [0.5, 0.6) is 0 Å². The van der Waals surface area contributed by atoms with Gasteiger partial charge in [-0.3, -0.25) is 4.79 Å². The highest BCUT2D eigenvalue weighted by atomic mass is 32.1. The number of hydrogen-bond acceptors (Lipinski definition) is 4. The van der Waals surface area contributed by atoms with Gasteiger partial charge in [-0.15, -0.1) is 11.3 Å². The fourth-order valence-electron chi connectivity index (χ4n) is 2.31. The first-order valence-electron chi connectivity index (χ1n) is 5.53. The average Bonchev–Trinajstić information content (AvgIpc) is 2.67. The van der Waals surface area contributed by atoms with E-state index in [0.29, 0.717) is 5.82 Å². The molecule has 0 spiro atoms. The summed E-state index contributed by atoms with van der Waals surface area (Å²) in [6, 6.07) is 0. The number of aromatic amines is 1. The van der Waals surface area contributed by atoms with Crippen LogP contribution in [0.1, 0.15) is 29.1 Å². The number of thiophene rings is 1. The van der Waals surface area contributed by atoms with Gasteiger partial charge in [-0.05, 0) is 31.2 Å². The molecule has 0 fully saturated rings. The lowest BCUT2D eigenvalue weighted by molar-refractivity contribution is 0.700. The third-order valence-corrected chi connectivity index (χ3v) is 4.25. The van der Waals surface area contributed by atoms with Crippen LogP contribution in [0, 0.1) is 0 Å². The molecular weight excluding hydrogens is 222 g/mol. The molecule has 0 unspecified atom stereocenters. The minimum absolute atomic E-state index is 0.0233. The third kappa shape index (κ3) is 1.39. The van der Waals surface area contributed by atoms with Crippen molar-refractivity contribution in [3.63, 3.8) is 0 Å². The molecule has 3 N–H and O–H groups in total. The molecule has 0 atom stereocenters. The van der Waals surface area contributed by atoms with E-state index in [-0.39, 0.29) is 12.1 Å². The van der Waals surface area contributed by atoms with E-state index in [2.05, 4.69) is 9.97 Å². The largest absolute Gasteiger partial charge is 0.324 e. The van der Waals surface area contributed by atoms with Gasteiger partial charge in [0.25, 0.3) is 5.56 Å². The molecule has 0 aromatic carbocycles. The quantitative estimate of drug-likeness (QED) is 0.783. The summed E-state index contributed by atoms with van der Waals surface area (Å²) in [5.41, 5.74) is 6.71. The number of aryl methyl sites for hydroxylation is 2. The summed E-state index contributed by atoms with van der Waals surface area (Å²) in [5, 5.41) is 0.803. The number of H-pyrrole nitrogens is 1. The highest BCUT2D eigenvalue weighted by Gasteiger charge is 2.19. The van der Waals surface area contributed by atoms with E-state index in [1.54, 1.807) is 11.3 Å². The first-order chi connectivity index (χ1) is 7.79. The molecule has 2 aromatic heterocycles. The van der Waals surface area contributed by atoms with Crippen molar-refractivity contribution in [2.24, 2.45) is 5.73 Å². The van der Waals surface area contributed by atoms with Gasteiger partial charge < -0.3 is 10.7 Å². The summed E-state index contributed by atoms with van der Waals surface area (Å²) >= 11 is 1.66. The molecule has 2 heterocycles. The summed E-state index contributed by atoms with van der Waals surface area (Å²) in [4.78, 5) is 21.3. The molecular formula is C11H13N3OS. The summed E-state index contributed by atoms with van der Waals surface area (Å²) < 4.78 is 0. The third-order valence-electron chi connectivity index (χ3n) is 3.07. The van der Waals surface area contributed by atoms with Gasteiger partial charge >= 0.3 is 0 Å². The van der Waals surface area contributed by atoms with Crippen LogP contribution in [-0.4, -0.2) is 9.97 Å². The van der Waals surface area contributed by atoms with Gasteiger partial charge in [0, 0.05) is 4.88 Å². The van der Waals surface area contributed by atoms with E-state index in [0.717, 1.165) is 23.1 Å². The van der Waals surface area contributed by atoms with Gasteiger partial charge in [-0.2, -0.15) is 0 Å². The predicted molar refractivity (Wildman–Crippen MR) is 64.8 cm³/mol. The van der Waals surface area contributed by atoms with E-state index >= 15 is 0 Å². The normalized spacial score (nSPS) is 15.3. The van der Waals surface area contributed by atoms with Crippen LogP contribution in [-0.2, 0) is 19.4 Å². The fraction of sp³-hybridized carbons (Fsp3) is 0.455. The number of hydrogen-bond donors (Lipinski definition) is 2. The van der Waals surface area contributed by atoms with Crippen molar-refractivity contribution < 1.29 is 0 Å². The highest BCUT2D eigenvalue weighted by Crippen LogP contribution is 2.33. The molecule has 2 aromatic rings. The van der Waals surface area contributed by atoms with Gasteiger partial charge in [-0.1, -0.05) is 0 Å². The van der Waals surface area contributed by atoms with Crippen LogP contribution in [0.2, 0.25) is 0 Å². The second kappa shape index (κ2) is 3.68. The number of nitrogens with two attached hydrogens (primary N) is 1. The Bertz CT molecular complexity index is 599. The van der Waals surface area contributed by atoms with Crippen molar-refractivity contribution >= 4 is 21.6 Å². The minimum Gasteiger partial charge on any atom is -0.324 e. The van der Waals surface area contributed by atoms with Gasteiger partial charge in [0.1, 0.15) is 10.7 Å². The zero-order chi connectivity index (χ0) is 11.1. The lowest BCUT2D eigenvalue weighted by Gasteiger charge is -2.09. The van der Waals surface area contributed by atoms with Crippen LogP contribution < -0.4 is 11.3 Å². The maximum Gasteiger partial charge on any atom is 0.259 e. The molecule has 3 rings (SSSR count). The zero-order valence-corrected chi connectivity index (χ0v) is 9.69. The van der Waals surface area contributed by atoms with Crippen molar-refractivity contribution in [2.45, 2.75) is 32.2 Å². The van der Waals surface area contributed by atoms with E-state index in [1.165, 1.54) is 23.3 Å². The topological polar surface area (TPSA) is 71.8 Å². The molecule has 0 saturated carbocycles. The second-order valence-electron chi connectivity index (χ2n) is 4.11. The first kappa shape index (κ1) is 9.99. The molecule has 0 bridgehead atoms. The maximum absolute atomic E-state index is 11.9. The first-order valence-corrected chi connectivity index (χ1v) is 6.34. The molecule has 16 heavy (non-hydrogen) atoms. The maximum atomic E-state index is 11.9. The molecule has 5 heteroatoms. The Hall–Kier alpha value is -1.20. The van der Waals surface area contributed by atoms with Crippen LogP contribution in [0.25, 0.3) is 10.2 Å². The number of aromatic nitrogens is 2. The van der Waals surface area contributed by atoms with Crippen molar-refractivity contribution in [3.05, 3.63) is 26.6 Å². The Kier molecular flexibility index (Phi) is 2.29. The zero-order valence-electron chi connectivity index (χ0n) is 8.88. The Morgan fingerprint density at radius 2 is 2.19 bits per heavy atom. The number of fused-ring (bicyclic) bond motifs is 3. The summed E-state index contributed by atoms with van der Waals surface area (Å²) in [6.45, 7) is 0.285. The van der Waals surface area contributed by atoms with Crippen LogP contribution in [0.3, 0.4) is 0 Å². The molecule has 1 aliphatic carbocycles. The van der Waals surface area contributed by atoms with Gasteiger partial charge in [0.05, 0.1) is 11.9 Å². The summed E-state index contributed by atoms with van der Waals surface area (Å²) in [7, 11) is 0. The minimum atomic E-state index is -0.0233. The summed E-state index contributed by atoms with van der Waals surface area (Å²) in [6.07, 6.45) is 4.51. The number of nitrogens with zero attached hydrogens (tertiary/aromatic N) is 1. The van der Waals surface area contributed by atoms with Gasteiger partial charge in [0.15, 0.2) is 0 Å². The smallest absolute Gasteiger partial charge is 0.259 e. The molecule has 0 radical (unpaired) electrons. The fourth-order valence-corrected chi connectivity index (χ4v) is 3.59. The Morgan fingerprint density at radius 1 is 1.38 bits per heavy atom. The molecule has 0 amide bonds. The second-order valence-corrected chi connectivity index (χ2v) is 5.19. The molecule has 0 saturated heterocycles. The van der Waals surface area contributed by atoms with Crippen molar-refractivity contribution in [2.75, 3.05) is 0 Å². The van der Waals surface area contributed by atoms with Crippen molar-refractivity contribution in [1.29, 1.82) is 0 Å². The van der Waals surface area contributed by atoms with Gasteiger partial charge in [0.2, 0.25) is 0 Å². The lowest BCUT2D eigenvalue weighted by Crippen LogP contribution is -2.15. The van der Waals surface area contributed by atoms with Crippen LogP contribution in [0.4, 0.5) is 0 Å². The van der Waals surface area contributed by atoms with Gasteiger partial charge in [-0.25, -0.2) is 4.98 Å². The Labute approximate surface area is 96.5 Å². The predicted octanol–water partition coefficient (Wildman–Crippen LogP) is 1.32. The number of nitrogens with one attached hydrogen (secondary N) is 1. The highest BCUT2D eigenvalue weighted by molar-refractivity contribution is 7.18. The van der Waals surface area contributed by atoms with E-state index < -0.39 is 0 Å². The SMILES string of the molecule is NCc1nc2sc3c(c2c(=O)[nH]1)CCCC3. The van der Waals surface area contributed by atoms with E-state index in [4.69, 9.17) is 5.73 Å².